The highest BCUT2D eigenvalue weighted by Gasteiger charge is 2.16. The quantitative estimate of drug-likeness (QED) is 0.526. The van der Waals surface area contributed by atoms with Gasteiger partial charge in [-0.2, -0.15) is 0 Å². The van der Waals surface area contributed by atoms with Crippen LogP contribution >= 0.6 is 0 Å². The first kappa shape index (κ1) is 23.3. The Morgan fingerprint density at radius 3 is 2.25 bits per heavy atom. The second-order valence-electron chi connectivity index (χ2n) is 8.36. The number of likely N-dealkylation sites (N-methyl/N-ethyl adjacent to an activating group) is 1. The van der Waals surface area contributed by atoms with E-state index in [2.05, 4.69) is 35.6 Å². The second kappa shape index (κ2) is 11.3. The van der Waals surface area contributed by atoms with E-state index in [-0.39, 0.29) is 0 Å². The van der Waals surface area contributed by atoms with Crippen molar-refractivity contribution in [3.8, 4) is 0 Å². The molecular formula is C22H39N3O2S. The first-order valence-corrected chi connectivity index (χ1v) is 12.6. The molecule has 1 atom stereocenters. The molecule has 5 nitrogen and oxygen atoms in total. The topological polar surface area (TPSA) is 43.9 Å². The molecule has 6 heteroatoms. The molecule has 28 heavy (non-hydrogen) atoms. The van der Waals surface area contributed by atoms with Gasteiger partial charge in [0, 0.05) is 38.5 Å². The van der Waals surface area contributed by atoms with Crippen LogP contribution in [0.2, 0.25) is 0 Å². The van der Waals surface area contributed by atoms with Crippen LogP contribution in [0.4, 0.5) is 0 Å². The highest BCUT2D eigenvalue weighted by atomic mass is 32.2. The monoisotopic (exact) mass is 409 g/mol. The van der Waals surface area contributed by atoms with E-state index in [1.165, 1.54) is 57.4 Å². The SMILES string of the molecule is CCCN(CCCCN1CCN(C)CC1)[C@@H](C)Cc1ccc(S(C)(=O)=O)cc1. The first-order chi connectivity index (χ1) is 13.3. The molecule has 1 aromatic rings. The number of benzene rings is 1. The molecule has 0 amide bonds. The number of hydrogen-bond donors (Lipinski definition) is 0. The van der Waals surface area contributed by atoms with Gasteiger partial charge in [0.1, 0.15) is 0 Å². The molecule has 1 aliphatic heterocycles. The number of piperazine rings is 1. The number of sulfone groups is 1. The Morgan fingerprint density at radius 2 is 1.68 bits per heavy atom. The van der Waals surface area contributed by atoms with E-state index >= 15 is 0 Å². The standard InChI is InChI=1S/C22H39N3O2S/c1-5-12-25(14-7-6-13-24-17-15-23(3)16-18-24)20(2)19-21-8-10-22(11-9-21)28(4,26)27/h8-11,20H,5-7,12-19H2,1-4H3/t20-/m0/s1. The lowest BCUT2D eigenvalue weighted by Crippen LogP contribution is -2.44. The summed E-state index contributed by atoms with van der Waals surface area (Å²) < 4.78 is 23.2. The minimum atomic E-state index is -3.12. The third-order valence-electron chi connectivity index (χ3n) is 5.78. The van der Waals surface area contributed by atoms with Crippen molar-refractivity contribution in [2.24, 2.45) is 0 Å². The van der Waals surface area contributed by atoms with Crippen molar-refractivity contribution in [1.82, 2.24) is 14.7 Å². The van der Waals surface area contributed by atoms with Crippen LogP contribution in [0.25, 0.3) is 0 Å². The minimum absolute atomic E-state index is 0.401. The van der Waals surface area contributed by atoms with Gasteiger partial charge in [0.25, 0.3) is 0 Å². The number of nitrogens with zero attached hydrogens (tertiary/aromatic N) is 3. The zero-order chi connectivity index (χ0) is 20.6. The van der Waals surface area contributed by atoms with E-state index in [0.717, 1.165) is 25.9 Å². The second-order valence-corrected chi connectivity index (χ2v) is 10.4. The van der Waals surface area contributed by atoms with Crippen LogP contribution in [-0.4, -0.2) is 88.3 Å². The lowest BCUT2D eigenvalue weighted by Gasteiger charge is -2.33. The van der Waals surface area contributed by atoms with Crippen molar-refractivity contribution in [2.75, 3.05) is 59.1 Å². The fraction of sp³-hybridized carbons (Fsp3) is 0.727. The largest absolute Gasteiger partial charge is 0.304 e. The van der Waals surface area contributed by atoms with E-state index in [1.807, 2.05) is 12.1 Å². The molecule has 0 spiro atoms. The third kappa shape index (κ3) is 7.82. The van der Waals surface area contributed by atoms with Crippen LogP contribution in [-0.2, 0) is 16.3 Å². The molecule has 0 N–H and O–H groups in total. The molecule has 2 rings (SSSR count). The van der Waals surface area contributed by atoms with Crippen LogP contribution in [0, 0.1) is 0 Å². The van der Waals surface area contributed by atoms with Crippen LogP contribution in [0.5, 0.6) is 0 Å². The molecule has 0 radical (unpaired) electrons. The van der Waals surface area contributed by atoms with E-state index < -0.39 is 9.84 Å². The minimum Gasteiger partial charge on any atom is -0.304 e. The average molecular weight is 410 g/mol. The van der Waals surface area contributed by atoms with Crippen molar-refractivity contribution in [3.05, 3.63) is 29.8 Å². The van der Waals surface area contributed by atoms with Gasteiger partial charge in [-0.1, -0.05) is 19.1 Å². The van der Waals surface area contributed by atoms with Crippen molar-refractivity contribution in [2.45, 2.75) is 50.5 Å². The zero-order valence-electron chi connectivity index (χ0n) is 18.2. The number of unbranched alkanes of at least 4 members (excludes halogenated alkanes) is 1. The molecule has 0 bridgehead atoms. The zero-order valence-corrected chi connectivity index (χ0v) is 19.0. The van der Waals surface area contributed by atoms with Gasteiger partial charge in [-0.15, -0.1) is 0 Å². The Hall–Kier alpha value is -0.950. The van der Waals surface area contributed by atoms with E-state index in [4.69, 9.17) is 0 Å². The highest BCUT2D eigenvalue weighted by molar-refractivity contribution is 7.90. The van der Waals surface area contributed by atoms with Crippen LogP contribution in [0.3, 0.4) is 0 Å². The maximum atomic E-state index is 11.6. The smallest absolute Gasteiger partial charge is 0.175 e. The Kier molecular flexibility index (Phi) is 9.41. The fourth-order valence-corrected chi connectivity index (χ4v) is 4.53. The first-order valence-electron chi connectivity index (χ1n) is 10.7. The van der Waals surface area contributed by atoms with Crippen molar-refractivity contribution >= 4 is 9.84 Å². The van der Waals surface area contributed by atoms with Gasteiger partial charge in [0.2, 0.25) is 0 Å². The molecule has 1 aromatic carbocycles. The highest BCUT2D eigenvalue weighted by Crippen LogP contribution is 2.15. The third-order valence-corrected chi connectivity index (χ3v) is 6.91. The molecule has 0 unspecified atom stereocenters. The normalized spacial score (nSPS) is 17.9. The maximum Gasteiger partial charge on any atom is 0.175 e. The summed E-state index contributed by atoms with van der Waals surface area (Å²) in [6, 6.07) is 7.86. The van der Waals surface area contributed by atoms with Gasteiger partial charge in [-0.05, 0) is 77.0 Å². The molecule has 1 saturated heterocycles. The summed E-state index contributed by atoms with van der Waals surface area (Å²) in [7, 11) is -0.913. The summed E-state index contributed by atoms with van der Waals surface area (Å²) in [6.45, 7) is 12.8. The van der Waals surface area contributed by atoms with Gasteiger partial charge in [0.15, 0.2) is 9.84 Å². The molecule has 0 aliphatic carbocycles. The average Bonchev–Trinajstić information content (AvgIpc) is 2.65. The molecule has 0 saturated carbocycles. The predicted molar refractivity (Wildman–Crippen MR) is 118 cm³/mol. The lowest BCUT2D eigenvalue weighted by atomic mass is 10.1. The molecule has 0 aromatic heterocycles. The van der Waals surface area contributed by atoms with Crippen LogP contribution < -0.4 is 0 Å². The molecule has 1 aliphatic rings. The van der Waals surface area contributed by atoms with Crippen molar-refractivity contribution in [1.29, 1.82) is 0 Å². The van der Waals surface area contributed by atoms with Gasteiger partial charge in [-0.25, -0.2) is 8.42 Å². The summed E-state index contributed by atoms with van der Waals surface area (Å²) >= 11 is 0. The molecule has 1 fully saturated rings. The van der Waals surface area contributed by atoms with Gasteiger partial charge in [-0.3, -0.25) is 0 Å². The Bertz CT molecular complexity index is 668. The molecular weight excluding hydrogens is 370 g/mol. The van der Waals surface area contributed by atoms with Gasteiger partial charge >= 0.3 is 0 Å². The summed E-state index contributed by atoms with van der Waals surface area (Å²) in [5.74, 6) is 0. The number of hydrogen-bond acceptors (Lipinski definition) is 5. The van der Waals surface area contributed by atoms with E-state index in [1.54, 1.807) is 12.1 Å². The Labute approximate surface area is 172 Å². The van der Waals surface area contributed by atoms with Crippen molar-refractivity contribution in [3.63, 3.8) is 0 Å². The maximum absolute atomic E-state index is 11.6. The van der Waals surface area contributed by atoms with E-state index in [0.29, 0.717) is 10.9 Å². The molecule has 160 valence electrons. The van der Waals surface area contributed by atoms with Gasteiger partial charge < -0.3 is 14.7 Å². The van der Waals surface area contributed by atoms with Crippen molar-refractivity contribution < 1.29 is 8.42 Å². The van der Waals surface area contributed by atoms with Gasteiger partial charge in [0.05, 0.1) is 4.90 Å². The Morgan fingerprint density at radius 1 is 1.04 bits per heavy atom. The number of rotatable bonds is 11. The summed E-state index contributed by atoms with van der Waals surface area (Å²) in [5, 5.41) is 0. The summed E-state index contributed by atoms with van der Waals surface area (Å²) in [6.07, 6.45) is 5.89. The Balaban J connectivity index is 1.78. The molecule has 1 heterocycles. The fourth-order valence-electron chi connectivity index (χ4n) is 3.90. The van der Waals surface area contributed by atoms with Crippen LogP contribution in [0.15, 0.2) is 29.2 Å². The predicted octanol–water partition coefficient (Wildman–Crippen LogP) is 2.76. The summed E-state index contributed by atoms with van der Waals surface area (Å²) in [5.41, 5.74) is 1.21. The van der Waals surface area contributed by atoms with Crippen LogP contribution in [0.1, 0.15) is 38.7 Å². The summed E-state index contributed by atoms with van der Waals surface area (Å²) in [4.78, 5) is 7.99. The lowest BCUT2D eigenvalue weighted by molar-refractivity contribution is 0.147. The van der Waals surface area contributed by atoms with E-state index in [9.17, 15) is 8.42 Å².